The van der Waals surface area contributed by atoms with E-state index in [-0.39, 0.29) is 18.7 Å². The number of carbonyl (C=O) groups is 2. The highest BCUT2D eigenvalue weighted by molar-refractivity contribution is 7.90. The normalized spacial score (nSPS) is 13.2. The molecule has 0 radical (unpaired) electrons. The maximum absolute atomic E-state index is 11.5. The summed E-state index contributed by atoms with van der Waals surface area (Å²) in [4.78, 5) is 23.2. The molecule has 0 heterocycles. The lowest BCUT2D eigenvalue weighted by Crippen LogP contribution is -2.45. The monoisotopic (exact) mass is 251 g/mol. The van der Waals surface area contributed by atoms with E-state index in [0.717, 1.165) is 6.26 Å². The minimum atomic E-state index is -3.13. The molecule has 1 atom stereocenters. The van der Waals surface area contributed by atoms with Crippen molar-refractivity contribution in [2.45, 2.75) is 12.5 Å². The Bertz CT molecular complexity index is 365. The lowest BCUT2D eigenvalue weighted by atomic mass is 10.2. The summed E-state index contributed by atoms with van der Waals surface area (Å²) < 4.78 is 21.7. The summed E-state index contributed by atoms with van der Waals surface area (Å²) in [5, 5.41) is 0. The summed E-state index contributed by atoms with van der Waals surface area (Å²) in [5.74, 6) is -1.31. The summed E-state index contributed by atoms with van der Waals surface area (Å²) in [6.45, 7) is 0.0458. The second kappa shape index (κ2) is 5.80. The van der Waals surface area contributed by atoms with Gasteiger partial charge in [-0.2, -0.15) is 0 Å². The van der Waals surface area contributed by atoms with Crippen molar-refractivity contribution in [3.63, 3.8) is 0 Å². The lowest BCUT2D eigenvalue weighted by molar-refractivity contribution is -0.133. The first-order chi connectivity index (χ1) is 7.13. The summed E-state index contributed by atoms with van der Waals surface area (Å²) in [6.07, 6.45) is 0.830. The van der Waals surface area contributed by atoms with Gasteiger partial charge in [0.25, 0.3) is 0 Å². The van der Waals surface area contributed by atoms with E-state index in [2.05, 4.69) is 0 Å². The Morgan fingerprint density at radius 1 is 1.38 bits per heavy atom. The zero-order chi connectivity index (χ0) is 12.9. The third kappa shape index (κ3) is 6.36. The maximum Gasteiger partial charge on any atom is 0.239 e. The number of likely N-dealkylation sites (N-methyl/N-ethyl adjacent to an activating group) is 1. The molecule has 0 aliphatic rings. The topological polar surface area (TPSA) is 124 Å². The number of nitrogens with two attached hydrogens (primary N) is 2. The minimum Gasteiger partial charge on any atom is -0.370 e. The molecule has 4 N–H and O–H groups in total. The number of carbonyl (C=O) groups excluding carboxylic acids is 2. The van der Waals surface area contributed by atoms with Crippen LogP contribution in [0, 0.1) is 0 Å². The first-order valence-electron chi connectivity index (χ1n) is 4.60. The first kappa shape index (κ1) is 14.8. The van der Waals surface area contributed by atoms with Crippen molar-refractivity contribution < 1.29 is 18.0 Å². The second-order valence-electron chi connectivity index (χ2n) is 3.67. The van der Waals surface area contributed by atoms with Gasteiger partial charge in [0.15, 0.2) is 0 Å². The van der Waals surface area contributed by atoms with Gasteiger partial charge in [0.2, 0.25) is 11.8 Å². The van der Waals surface area contributed by atoms with Crippen molar-refractivity contribution >= 4 is 21.7 Å². The largest absolute Gasteiger partial charge is 0.370 e. The SMILES string of the molecule is CN(CCS(C)(=O)=O)C(=O)C(N)CC(N)=O. The van der Waals surface area contributed by atoms with Crippen LogP contribution >= 0.6 is 0 Å². The van der Waals surface area contributed by atoms with Gasteiger partial charge in [0.05, 0.1) is 18.2 Å². The van der Waals surface area contributed by atoms with Gasteiger partial charge < -0.3 is 16.4 Å². The second-order valence-corrected chi connectivity index (χ2v) is 5.93. The van der Waals surface area contributed by atoms with Gasteiger partial charge in [0.1, 0.15) is 9.84 Å². The molecule has 8 heteroatoms. The van der Waals surface area contributed by atoms with Crippen LogP contribution < -0.4 is 11.5 Å². The molecule has 2 amide bonds. The Kier molecular flexibility index (Phi) is 5.39. The number of nitrogens with zero attached hydrogens (tertiary/aromatic N) is 1. The van der Waals surface area contributed by atoms with Crippen molar-refractivity contribution in [3.8, 4) is 0 Å². The predicted molar refractivity (Wildman–Crippen MR) is 59.1 cm³/mol. The summed E-state index contributed by atoms with van der Waals surface area (Å²) in [7, 11) is -1.70. The number of primary amides is 1. The first-order valence-corrected chi connectivity index (χ1v) is 6.66. The molecule has 94 valence electrons. The van der Waals surface area contributed by atoms with Crippen LogP contribution in [0.4, 0.5) is 0 Å². The van der Waals surface area contributed by atoms with E-state index in [9.17, 15) is 18.0 Å². The van der Waals surface area contributed by atoms with E-state index in [4.69, 9.17) is 11.5 Å². The van der Waals surface area contributed by atoms with Crippen molar-refractivity contribution in [2.75, 3.05) is 25.6 Å². The molecule has 0 rings (SSSR count). The van der Waals surface area contributed by atoms with E-state index < -0.39 is 27.7 Å². The predicted octanol–water partition coefficient (Wildman–Crippen LogP) is -2.31. The van der Waals surface area contributed by atoms with Crippen molar-refractivity contribution in [1.82, 2.24) is 4.90 Å². The highest BCUT2D eigenvalue weighted by atomic mass is 32.2. The van der Waals surface area contributed by atoms with Crippen molar-refractivity contribution in [3.05, 3.63) is 0 Å². The van der Waals surface area contributed by atoms with E-state index >= 15 is 0 Å². The Morgan fingerprint density at radius 2 is 1.88 bits per heavy atom. The van der Waals surface area contributed by atoms with Crippen LogP contribution in [-0.4, -0.2) is 56.8 Å². The molecular formula is C8H17N3O4S. The fourth-order valence-corrected chi connectivity index (χ4v) is 1.61. The molecule has 0 aliphatic carbocycles. The Hall–Kier alpha value is -1.15. The fourth-order valence-electron chi connectivity index (χ4n) is 1.00. The minimum absolute atomic E-state index is 0.0458. The summed E-state index contributed by atoms with van der Waals surface area (Å²) in [6, 6.07) is -1.01. The standard InChI is InChI=1S/C8H17N3O4S/c1-11(3-4-16(2,14)15)8(13)6(9)5-7(10)12/h6H,3-5,9H2,1-2H3,(H2,10,12). The highest BCUT2D eigenvalue weighted by Gasteiger charge is 2.20. The molecule has 0 fully saturated rings. The highest BCUT2D eigenvalue weighted by Crippen LogP contribution is 1.96. The molecule has 7 nitrogen and oxygen atoms in total. The quantitative estimate of drug-likeness (QED) is 0.549. The third-order valence-corrected chi connectivity index (χ3v) is 2.84. The van der Waals surface area contributed by atoms with Gasteiger partial charge in [-0.1, -0.05) is 0 Å². The van der Waals surface area contributed by atoms with Gasteiger partial charge in [-0.15, -0.1) is 0 Å². The third-order valence-electron chi connectivity index (χ3n) is 1.91. The number of rotatable bonds is 6. The van der Waals surface area contributed by atoms with E-state index in [1.165, 1.54) is 11.9 Å². The van der Waals surface area contributed by atoms with Gasteiger partial charge in [-0.3, -0.25) is 9.59 Å². The van der Waals surface area contributed by atoms with E-state index in [0.29, 0.717) is 0 Å². The van der Waals surface area contributed by atoms with Gasteiger partial charge >= 0.3 is 0 Å². The lowest BCUT2D eigenvalue weighted by Gasteiger charge is -2.20. The van der Waals surface area contributed by atoms with Gasteiger partial charge in [0, 0.05) is 19.8 Å². The summed E-state index contributed by atoms with van der Waals surface area (Å²) >= 11 is 0. The van der Waals surface area contributed by atoms with Crippen LogP contribution in [0.15, 0.2) is 0 Å². The molecule has 0 spiro atoms. The maximum atomic E-state index is 11.5. The van der Waals surface area contributed by atoms with Crippen LogP contribution in [0.2, 0.25) is 0 Å². The van der Waals surface area contributed by atoms with Gasteiger partial charge in [-0.25, -0.2) is 8.42 Å². The average molecular weight is 251 g/mol. The average Bonchev–Trinajstić information content (AvgIpc) is 2.10. The number of sulfone groups is 1. The van der Waals surface area contributed by atoms with Gasteiger partial charge in [-0.05, 0) is 0 Å². The molecule has 1 unspecified atom stereocenters. The number of amides is 2. The molecule has 0 bridgehead atoms. The fraction of sp³-hybridized carbons (Fsp3) is 0.750. The molecule has 16 heavy (non-hydrogen) atoms. The van der Waals surface area contributed by atoms with Crippen LogP contribution in [0.3, 0.4) is 0 Å². The van der Waals surface area contributed by atoms with Crippen LogP contribution in [0.1, 0.15) is 6.42 Å². The molecular weight excluding hydrogens is 234 g/mol. The zero-order valence-electron chi connectivity index (χ0n) is 9.34. The molecule has 0 aliphatic heterocycles. The van der Waals surface area contributed by atoms with Crippen LogP contribution in [0.25, 0.3) is 0 Å². The van der Waals surface area contributed by atoms with E-state index in [1.54, 1.807) is 0 Å². The Labute approximate surface area is 94.7 Å². The molecule has 0 aromatic carbocycles. The Morgan fingerprint density at radius 3 is 2.25 bits per heavy atom. The van der Waals surface area contributed by atoms with Crippen molar-refractivity contribution in [2.24, 2.45) is 11.5 Å². The number of hydrogen-bond donors (Lipinski definition) is 2. The smallest absolute Gasteiger partial charge is 0.239 e. The molecule has 0 saturated heterocycles. The van der Waals surface area contributed by atoms with Crippen LogP contribution in [-0.2, 0) is 19.4 Å². The van der Waals surface area contributed by atoms with Crippen molar-refractivity contribution in [1.29, 1.82) is 0 Å². The van der Waals surface area contributed by atoms with E-state index in [1.807, 2.05) is 0 Å². The van der Waals surface area contributed by atoms with Crippen LogP contribution in [0.5, 0.6) is 0 Å². The summed E-state index contributed by atoms with van der Waals surface area (Å²) in [5.41, 5.74) is 10.3. The number of hydrogen-bond acceptors (Lipinski definition) is 5. The molecule has 0 aromatic heterocycles. The molecule has 0 aromatic rings. The zero-order valence-corrected chi connectivity index (χ0v) is 10.2. The molecule has 0 saturated carbocycles. The Balaban J connectivity index is 4.23.